The smallest absolute Gasteiger partial charge is 0.332 e. The van der Waals surface area contributed by atoms with Gasteiger partial charge in [-0.05, 0) is 43.9 Å². The van der Waals surface area contributed by atoms with Crippen LogP contribution in [-0.4, -0.2) is 35.2 Å². The Bertz CT molecular complexity index is 534. The van der Waals surface area contributed by atoms with Crippen LogP contribution in [0.4, 0.5) is 0 Å². The lowest BCUT2D eigenvalue weighted by Gasteiger charge is -2.17. The molecule has 0 saturated carbocycles. The monoisotopic (exact) mass is 355 g/mol. The zero-order valence-electron chi connectivity index (χ0n) is 11.7. The van der Waals surface area contributed by atoms with Crippen LogP contribution in [0.3, 0.4) is 0 Å². The van der Waals surface area contributed by atoms with Crippen LogP contribution in [0.2, 0.25) is 0 Å². The number of rotatable bonds is 5. The van der Waals surface area contributed by atoms with Gasteiger partial charge in [-0.2, -0.15) is 0 Å². The highest BCUT2D eigenvalue weighted by Gasteiger charge is 2.34. The topological polar surface area (TPSA) is 75.6 Å². The maximum absolute atomic E-state index is 12.0. The Hall–Kier alpha value is -1.40. The van der Waals surface area contributed by atoms with E-state index in [4.69, 9.17) is 9.84 Å². The summed E-state index contributed by atoms with van der Waals surface area (Å²) in [5, 5.41) is 11.7. The number of carboxylic acids is 1. The molecule has 1 unspecified atom stereocenters. The van der Waals surface area contributed by atoms with Gasteiger partial charge in [0.25, 0.3) is 0 Å². The van der Waals surface area contributed by atoms with Gasteiger partial charge in [0.05, 0.1) is 0 Å². The number of carbonyl (C=O) groups excluding carboxylic acids is 1. The summed E-state index contributed by atoms with van der Waals surface area (Å²) in [6.45, 7) is 1.92. The van der Waals surface area contributed by atoms with Crippen LogP contribution in [0.25, 0.3) is 0 Å². The number of ether oxygens (including phenoxy) is 1. The van der Waals surface area contributed by atoms with Crippen molar-refractivity contribution in [1.82, 2.24) is 5.32 Å². The first-order chi connectivity index (χ1) is 9.95. The van der Waals surface area contributed by atoms with E-state index >= 15 is 0 Å². The lowest BCUT2D eigenvalue weighted by atomic mass is 10.1. The number of halogens is 1. The first-order valence-electron chi connectivity index (χ1n) is 6.89. The minimum atomic E-state index is -1.01. The molecule has 1 aromatic rings. The predicted octanol–water partition coefficient (Wildman–Crippen LogP) is 2.13. The van der Waals surface area contributed by atoms with E-state index in [1.807, 2.05) is 31.2 Å². The summed E-state index contributed by atoms with van der Waals surface area (Å²) in [5.74, 6) is -1.24. The second-order valence-electron chi connectivity index (χ2n) is 5.27. The number of aliphatic carboxylic acids is 1. The van der Waals surface area contributed by atoms with Crippen molar-refractivity contribution < 1.29 is 19.4 Å². The third-order valence-electron chi connectivity index (χ3n) is 3.41. The minimum Gasteiger partial charge on any atom is -0.479 e. The van der Waals surface area contributed by atoms with Crippen LogP contribution in [0.15, 0.2) is 28.7 Å². The average molecular weight is 356 g/mol. The Kier molecular flexibility index (Phi) is 5.36. The van der Waals surface area contributed by atoms with Crippen molar-refractivity contribution in [3.05, 3.63) is 34.3 Å². The lowest BCUT2D eigenvalue weighted by molar-refractivity contribution is -0.151. The molecule has 1 amide bonds. The first-order valence-corrected chi connectivity index (χ1v) is 7.68. The van der Waals surface area contributed by atoms with Crippen LogP contribution < -0.4 is 5.32 Å². The van der Waals surface area contributed by atoms with Crippen molar-refractivity contribution in [2.45, 2.75) is 44.4 Å². The Labute approximate surface area is 131 Å². The summed E-state index contributed by atoms with van der Waals surface area (Å²) in [4.78, 5) is 22.8. The van der Waals surface area contributed by atoms with Gasteiger partial charge in [0.1, 0.15) is 6.10 Å². The average Bonchev–Trinajstić information content (AvgIpc) is 2.88. The van der Waals surface area contributed by atoms with Crippen LogP contribution >= 0.6 is 15.9 Å². The highest BCUT2D eigenvalue weighted by molar-refractivity contribution is 9.10. The van der Waals surface area contributed by atoms with Gasteiger partial charge >= 0.3 is 5.97 Å². The number of carboxylic acid groups (broad SMARTS) is 1. The molecule has 1 fully saturated rings. The molecular weight excluding hydrogens is 338 g/mol. The minimum absolute atomic E-state index is 0.0423. The summed E-state index contributed by atoms with van der Waals surface area (Å²) < 4.78 is 6.24. The SMILES string of the molecule is CC(Cc1cccc(Br)c1)NC(=O)[C@@H]1CC[C@H](C(=O)O)O1. The quantitative estimate of drug-likeness (QED) is 0.848. The number of hydrogen-bond acceptors (Lipinski definition) is 3. The highest BCUT2D eigenvalue weighted by Crippen LogP contribution is 2.20. The molecule has 1 aromatic carbocycles. The van der Waals surface area contributed by atoms with Crippen molar-refractivity contribution in [2.24, 2.45) is 0 Å². The molecule has 114 valence electrons. The summed E-state index contributed by atoms with van der Waals surface area (Å²) in [7, 11) is 0. The van der Waals surface area contributed by atoms with Gasteiger partial charge in [0, 0.05) is 10.5 Å². The molecule has 6 heteroatoms. The summed E-state index contributed by atoms with van der Waals surface area (Å²) in [6, 6.07) is 7.87. The predicted molar refractivity (Wildman–Crippen MR) is 81.0 cm³/mol. The van der Waals surface area contributed by atoms with Crippen LogP contribution in [-0.2, 0) is 20.7 Å². The maximum atomic E-state index is 12.0. The standard InChI is InChI=1S/C15H18BrNO4/c1-9(7-10-3-2-4-11(16)8-10)17-14(18)12-5-6-13(21-12)15(19)20/h2-4,8-9,12-13H,5-7H2,1H3,(H,17,18)(H,19,20)/t9?,12-,13+/m0/s1. The Morgan fingerprint density at radius 2 is 2.14 bits per heavy atom. The molecule has 0 aromatic heterocycles. The number of nitrogens with one attached hydrogen (secondary N) is 1. The van der Waals surface area contributed by atoms with E-state index in [0.717, 1.165) is 10.0 Å². The van der Waals surface area contributed by atoms with Crippen molar-refractivity contribution in [3.63, 3.8) is 0 Å². The fourth-order valence-corrected chi connectivity index (χ4v) is 2.86. The van der Waals surface area contributed by atoms with E-state index in [1.165, 1.54) is 0 Å². The second kappa shape index (κ2) is 7.04. The van der Waals surface area contributed by atoms with Gasteiger partial charge < -0.3 is 15.2 Å². The fraction of sp³-hybridized carbons (Fsp3) is 0.467. The Morgan fingerprint density at radius 1 is 1.43 bits per heavy atom. The summed E-state index contributed by atoms with van der Waals surface area (Å²) in [6.07, 6.45) is 0.0253. The third kappa shape index (κ3) is 4.54. The Morgan fingerprint density at radius 3 is 2.76 bits per heavy atom. The number of amides is 1. The van der Waals surface area contributed by atoms with E-state index < -0.39 is 18.2 Å². The van der Waals surface area contributed by atoms with Crippen molar-refractivity contribution in [2.75, 3.05) is 0 Å². The maximum Gasteiger partial charge on any atom is 0.332 e. The molecule has 2 N–H and O–H groups in total. The molecule has 5 nitrogen and oxygen atoms in total. The van der Waals surface area contributed by atoms with E-state index in [0.29, 0.717) is 19.3 Å². The van der Waals surface area contributed by atoms with E-state index in [2.05, 4.69) is 21.2 Å². The number of benzene rings is 1. The van der Waals surface area contributed by atoms with Gasteiger partial charge in [0.2, 0.25) is 5.91 Å². The molecule has 0 spiro atoms. The van der Waals surface area contributed by atoms with E-state index in [1.54, 1.807) is 0 Å². The van der Waals surface area contributed by atoms with Gasteiger partial charge in [-0.3, -0.25) is 4.79 Å². The normalized spacial score (nSPS) is 22.8. The zero-order valence-corrected chi connectivity index (χ0v) is 13.3. The molecule has 2 rings (SSSR count). The molecular formula is C15H18BrNO4. The molecule has 1 aliphatic rings. The zero-order chi connectivity index (χ0) is 15.4. The Balaban J connectivity index is 1.84. The van der Waals surface area contributed by atoms with Crippen molar-refractivity contribution >= 4 is 27.8 Å². The molecule has 1 heterocycles. The van der Waals surface area contributed by atoms with E-state index in [9.17, 15) is 9.59 Å². The van der Waals surface area contributed by atoms with Gasteiger partial charge in [0.15, 0.2) is 6.10 Å². The highest BCUT2D eigenvalue weighted by atomic mass is 79.9. The fourth-order valence-electron chi connectivity index (χ4n) is 2.42. The third-order valence-corrected chi connectivity index (χ3v) is 3.90. The van der Waals surface area contributed by atoms with Crippen LogP contribution in [0.1, 0.15) is 25.3 Å². The van der Waals surface area contributed by atoms with Crippen LogP contribution in [0.5, 0.6) is 0 Å². The molecule has 0 aliphatic carbocycles. The molecule has 3 atom stereocenters. The summed E-state index contributed by atoms with van der Waals surface area (Å²) >= 11 is 3.41. The molecule has 1 aliphatic heterocycles. The van der Waals surface area contributed by atoms with Crippen LogP contribution in [0, 0.1) is 0 Å². The van der Waals surface area contributed by atoms with E-state index in [-0.39, 0.29) is 11.9 Å². The van der Waals surface area contributed by atoms with Crippen molar-refractivity contribution in [3.8, 4) is 0 Å². The molecule has 0 bridgehead atoms. The van der Waals surface area contributed by atoms with Crippen molar-refractivity contribution in [1.29, 1.82) is 0 Å². The van der Waals surface area contributed by atoms with Gasteiger partial charge in [-0.15, -0.1) is 0 Å². The van der Waals surface area contributed by atoms with Gasteiger partial charge in [-0.25, -0.2) is 4.79 Å². The molecule has 1 saturated heterocycles. The lowest BCUT2D eigenvalue weighted by Crippen LogP contribution is -2.41. The van der Waals surface area contributed by atoms with Gasteiger partial charge in [-0.1, -0.05) is 28.1 Å². The molecule has 21 heavy (non-hydrogen) atoms. The summed E-state index contributed by atoms with van der Waals surface area (Å²) in [5.41, 5.74) is 1.12. The molecule has 0 radical (unpaired) electrons. The largest absolute Gasteiger partial charge is 0.479 e. The number of hydrogen-bond donors (Lipinski definition) is 2. The first kappa shape index (κ1) is 16.0. The number of carbonyl (C=O) groups is 2. The second-order valence-corrected chi connectivity index (χ2v) is 6.19.